The molecule has 0 radical (unpaired) electrons. The third kappa shape index (κ3) is 3.94. The number of carbonyl (C=O) groups excluding carboxylic acids is 1. The van der Waals surface area contributed by atoms with Gasteiger partial charge in [-0.2, -0.15) is 0 Å². The van der Waals surface area contributed by atoms with Gasteiger partial charge in [0.2, 0.25) is 0 Å². The van der Waals surface area contributed by atoms with Crippen LogP contribution in [0.5, 0.6) is 0 Å². The van der Waals surface area contributed by atoms with Crippen molar-refractivity contribution in [3.05, 3.63) is 29.8 Å². The highest BCUT2D eigenvalue weighted by atomic mass is 16.5. The van der Waals surface area contributed by atoms with Crippen molar-refractivity contribution in [3.8, 4) is 0 Å². The molecule has 1 fully saturated rings. The number of morpholine rings is 1. The fraction of sp³-hybridized carbons (Fsp3) is 0.500. The van der Waals surface area contributed by atoms with Crippen molar-refractivity contribution >= 4 is 11.7 Å². The second-order valence-electron chi connectivity index (χ2n) is 4.69. The van der Waals surface area contributed by atoms with Crippen molar-refractivity contribution < 1.29 is 14.3 Å². The maximum absolute atomic E-state index is 12.1. The Balaban J connectivity index is 1.96. The number of hydrogen-bond donors (Lipinski definition) is 1. The fourth-order valence-corrected chi connectivity index (χ4v) is 2.11. The molecule has 1 aliphatic heterocycles. The van der Waals surface area contributed by atoms with Gasteiger partial charge in [-0.05, 0) is 24.6 Å². The summed E-state index contributed by atoms with van der Waals surface area (Å²) in [5.41, 5.74) is 1.83. The quantitative estimate of drug-likeness (QED) is 0.909. The number of nitrogens with one attached hydrogen (secondary N) is 1. The van der Waals surface area contributed by atoms with Gasteiger partial charge in [0.15, 0.2) is 0 Å². The molecule has 0 spiro atoms. The van der Waals surface area contributed by atoms with Crippen molar-refractivity contribution in [2.45, 2.75) is 19.6 Å². The fourth-order valence-electron chi connectivity index (χ4n) is 2.11. The summed E-state index contributed by atoms with van der Waals surface area (Å²) in [5.74, 6) is 0. The summed E-state index contributed by atoms with van der Waals surface area (Å²) in [4.78, 5) is 13.9. The van der Waals surface area contributed by atoms with Crippen molar-refractivity contribution in [1.82, 2.24) is 4.90 Å². The Hall–Kier alpha value is -1.59. The third-order valence-electron chi connectivity index (χ3n) is 3.02. The molecule has 104 valence electrons. The second-order valence-corrected chi connectivity index (χ2v) is 4.69. The van der Waals surface area contributed by atoms with Crippen LogP contribution in [-0.2, 0) is 16.1 Å². The highest BCUT2D eigenvalue weighted by Gasteiger charge is 2.21. The molecule has 1 aliphatic rings. The molecular formula is C14H20N2O3. The maximum Gasteiger partial charge on any atom is 0.322 e. The lowest BCUT2D eigenvalue weighted by Crippen LogP contribution is -2.46. The topological polar surface area (TPSA) is 50.8 Å². The number of urea groups is 1. The molecule has 0 saturated carbocycles. The lowest BCUT2D eigenvalue weighted by atomic mass is 10.2. The Bertz CT molecular complexity index is 436. The third-order valence-corrected chi connectivity index (χ3v) is 3.02. The zero-order valence-electron chi connectivity index (χ0n) is 11.4. The number of hydrogen-bond acceptors (Lipinski definition) is 3. The molecule has 1 aromatic carbocycles. The minimum atomic E-state index is -0.0790. The Kier molecular flexibility index (Phi) is 4.76. The molecule has 2 rings (SSSR count). The van der Waals surface area contributed by atoms with E-state index in [2.05, 4.69) is 5.32 Å². The van der Waals surface area contributed by atoms with Gasteiger partial charge in [0.1, 0.15) is 0 Å². The molecule has 5 heteroatoms. The smallest absolute Gasteiger partial charge is 0.322 e. The van der Waals surface area contributed by atoms with Crippen LogP contribution in [0, 0.1) is 0 Å². The van der Waals surface area contributed by atoms with E-state index in [9.17, 15) is 4.79 Å². The molecule has 19 heavy (non-hydrogen) atoms. The van der Waals surface area contributed by atoms with E-state index in [1.807, 2.05) is 31.2 Å². The largest absolute Gasteiger partial charge is 0.380 e. The predicted octanol–water partition coefficient (Wildman–Crippen LogP) is 2.09. The molecule has 1 atom stereocenters. The van der Waals surface area contributed by atoms with Crippen LogP contribution < -0.4 is 5.32 Å². The van der Waals surface area contributed by atoms with Gasteiger partial charge in [-0.3, -0.25) is 0 Å². The molecule has 0 aromatic heterocycles. The van der Waals surface area contributed by atoms with Crippen LogP contribution in [-0.4, -0.2) is 43.8 Å². The maximum atomic E-state index is 12.1. The molecule has 1 N–H and O–H groups in total. The summed E-state index contributed by atoms with van der Waals surface area (Å²) in [5, 5.41) is 2.91. The van der Waals surface area contributed by atoms with E-state index in [0.717, 1.165) is 11.3 Å². The van der Waals surface area contributed by atoms with Gasteiger partial charge in [0.25, 0.3) is 0 Å². The second kappa shape index (κ2) is 6.54. The van der Waals surface area contributed by atoms with Crippen LogP contribution in [0.1, 0.15) is 12.5 Å². The van der Waals surface area contributed by atoms with Gasteiger partial charge < -0.3 is 19.7 Å². The van der Waals surface area contributed by atoms with E-state index >= 15 is 0 Å². The first-order valence-electron chi connectivity index (χ1n) is 6.44. The van der Waals surface area contributed by atoms with Crippen LogP contribution in [0.4, 0.5) is 10.5 Å². The van der Waals surface area contributed by atoms with Crippen molar-refractivity contribution in [2.24, 2.45) is 0 Å². The molecule has 1 aromatic rings. The number of nitrogens with zero attached hydrogens (tertiary/aromatic N) is 1. The van der Waals surface area contributed by atoms with Crippen molar-refractivity contribution in [1.29, 1.82) is 0 Å². The average molecular weight is 264 g/mol. The summed E-state index contributed by atoms with van der Waals surface area (Å²) in [6.07, 6.45) is 0.0966. The van der Waals surface area contributed by atoms with E-state index in [-0.39, 0.29) is 12.1 Å². The highest BCUT2D eigenvalue weighted by Crippen LogP contribution is 2.13. The monoisotopic (exact) mass is 264 g/mol. The molecule has 5 nitrogen and oxygen atoms in total. The first-order chi connectivity index (χ1) is 9.19. The van der Waals surface area contributed by atoms with Crippen LogP contribution in [0.25, 0.3) is 0 Å². The number of carbonyl (C=O) groups is 1. The number of ether oxygens (including phenoxy) is 2. The van der Waals surface area contributed by atoms with Crippen LogP contribution in [0.15, 0.2) is 24.3 Å². The minimum Gasteiger partial charge on any atom is -0.380 e. The first-order valence-corrected chi connectivity index (χ1v) is 6.44. The van der Waals surface area contributed by atoms with E-state index in [1.165, 1.54) is 0 Å². The minimum absolute atomic E-state index is 0.0790. The van der Waals surface area contributed by atoms with Gasteiger partial charge >= 0.3 is 6.03 Å². The number of benzene rings is 1. The number of anilines is 1. The molecule has 1 heterocycles. The molecule has 0 aliphatic carbocycles. The molecule has 0 unspecified atom stereocenters. The van der Waals surface area contributed by atoms with Crippen molar-refractivity contribution in [2.75, 3.05) is 32.1 Å². The van der Waals surface area contributed by atoms with Gasteiger partial charge in [0.05, 0.1) is 19.3 Å². The summed E-state index contributed by atoms with van der Waals surface area (Å²) in [7, 11) is 1.65. The van der Waals surface area contributed by atoms with Crippen LogP contribution in [0.3, 0.4) is 0 Å². The standard InChI is InChI=1S/C14H20N2O3/c1-11-9-16(6-7-19-11)14(17)15-13-5-3-4-12(8-13)10-18-2/h3-5,8,11H,6-7,9-10H2,1-2H3,(H,15,17)/t11-/m1/s1. The lowest BCUT2D eigenvalue weighted by molar-refractivity contribution is -0.00138. The Morgan fingerprint density at radius 1 is 1.58 bits per heavy atom. The van der Waals surface area contributed by atoms with Crippen LogP contribution >= 0.6 is 0 Å². The Morgan fingerprint density at radius 2 is 2.42 bits per heavy atom. The van der Waals surface area contributed by atoms with E-state index in [4.69, 9.17) is 9.47 Å². The zero-order chi connectivity index (χ0) is 13.7. The normalized spacial score (nSPS) is 19.3. The molecular weight excluding hydrogens is 244 g/mol. The molecule has 0 bridgehead atoms. The lowest BCUT2D eigenvalue weighted by Gasteiger charge is -2.31. The van der Waals surface area contributed by atoms with Gasteiger partial charge in [-0.25, -0.2) is 4.79 Å². The summed E-state index contributed by atoms with van der Waals surface area (Å²) in [6.45, 7) is 4.37. The highest BCUT2D eigenvalue weighted by molar-refractivity contribution is 5.89. The number of rotatable bonds is 3. The van der Waals surface area contributed by atoms with E-state index in [1.54, 1.807) is 12.0 Å². The zero-order valence-corrected chi connectivity index (χ0v) is 11.4. The van der Waals surface area contributed by atoms with E-state index < -0.39 is 0 Å². The van der Waals surface area contributed by atoms with Gasteiger partial charge in [0, 0.05) is 25.9 Å². The van der Waals surface area contributed by atoms with Gasteiger partial charge in [-0.15, -0.1) is 0 Å². The summed E-state index contributed by atoms with van der Waals surface area (Å²) < 4.78 is 10.5. The summed E-state index contributed by atoms with van der Waals surface area (Å²) in [6, 6.07) is 7.60. The van der Waals surface area contributed by atoms with E-state index in [0.29, 0.717) is 26.3 Å². The predicted molar refractivity (Wildman–Crippen MR) is 73.2 cm³/mol. The van der Waals surface area contributed by atoms with Crippen molar-refractivity contribution in [3.63, 3.8) is 0 Å². The Morgan fingerprint density at radius 3 is 3.16 bits per heavy atom. The summed E-state index contributed by atoms with van der Waals surface area (Å²) >= 11 is 0. The first kappa shape index (κ1) is 13.8. The SMILES string of the molecule is COCc1cccc(NC(=O)N2CCO[C@H](C)C2)c1. The average Bonchev–Trinajstić information content (AvgIpc) is 2.39. The van der Waals surface area contributed by atoms with Crippen LogP contribution in [0.2, 0.25) is 0 Å². The number of amides is 2. The molecule has 1 saturated heterocycles. The van der Waals surface area contributed by atoms with Gasteiger partial charge in [-0.1, -0.05) is 12.1 Å². The number of methoxy groups -OCH3 is 1. The molecule has 2 amide bonds. The Labute approximate surface area is 113 Å².